The Morgan fingerprint density at radius 3 is 2.31 bits per heavy atom. The Morgan fingerprint density at radius 2 is 1.92 bits per heavy atom. The van der Waals surface area contributed by atoms with E-state index in [0.29, 0.717) is 12.0 Å². The third kappa shape index (κ3) is 1.91. The molecule has 0 saturated heterocycles. The smallest absolute Gasteiger partial charge is 0.144 e. The van der Waals surface area contributed by atoms with E-state index >= 15 is 0 Å². The number of halogens is 2. The van der Waals surface area contributed by atoms with E-state index in [1.165, 1.54) is 6.07 Å². The van der Waals surface area contributed by atoms with Crippen molar-refractivity contribution in [2.45, 2.75) is 6.42 Å². The molecule has 0 aliphatic heterocycles. The van der Waals surface area contributed by atoms with Crippen molar-refractivity contribution < 1.29 is 8.78 Å². The summed E-state index contributed by atoms with van der Waals surface area (Å²) in [5.41, 5.74) is -0.0585. The molecule has 0 aliphatic carbocycles. The lowest BCUT2D eigenvalue weighted by Crippen LogP contribution is -1.93. The van der Waals surface area contributed by atoms with Crippen molar-refractivity contribution in [3.8, 4) is 6.07 Å². The van der Waals surface area contributed by atoms with Crippen LogP contribution in [0.3, 0.4) is 0 Å². The van der Waals surface area contributed by atoms with E-state index < -0.39 is 17.2 Å². The molecule has 0 atom stereocenters. The maximum atomic E-state index is 12.9. The van der Waals surface area contributed by atoms with Crippen LogP contribution in [0, 0.1) is 23.0 Å². The van der Waals surface area contributed by atoms with E-state index in [1.54, 1.807) is 6.08 Å². The fourth-order valence-corrected chi connectivity index (χ4v) is 1.02. The molecule has 13 heavy (non-hydrogen) atoms. The van der Waals surface area contributed by atoms with Gasteiger partial charge in [0.05, 0.1) is 0 Å². The van der Waals surface area contributed by atoms with Gasteiger partial charge in [-0.3, -0.25) is 0 Å². The molecule has 0 bridgehead atoms. The molecule has 0 spiro atoms. The average Bonchev–Trinajstić information content (AvgIpc) is 2.04. The van der Waals surface area contributed by atoms with E-state index in [9.17, 15) is 8.78 Å². The molecule has 1 nitrogen and oxygen atoms in total. The molecule has 0 unspecified atom stereocenters. The van der Waals surface area contributed by atoms with Crippen molar-refractivity contribution in [3.63, 3.8) is 0 Å². The largest absolute Gasteiger partial charge is 0.205 e. The van der Waals surface area contributed by atoms with Gasteiger partial charge in [0.25, 0.3) is 0 Å². The highest BCUT2D eigenvalue weighted by molar-refractivity contribution is 5.35. The second kappa shape index (κ2) is 3.81. The Bertz CT molecular complexity index is 354. The predicted octanol–water partition coefficient (Wildman–Crippen LogP) is 2.56. The van der Waals surface area contributed by atoms with Crippen LogP contribution in [0.5, 0.6) is 0 Å². The van der Waals surface area contributed by atoms with Crippen LogP contribution in [-0.2, 0) is 6.42 Å². The van der Waals surface area contributed by atoms with Crippen LogP contribution in [0.4, 0.5) is 8.78 Å². The summed E-state index contributed by atoms with van der Waals surface area (Å²) in [6.45, 7) is 3.45. The standard InChI is InChI=1S/C10H7F2N/c1-2-3-7-4-9(11)8(6-13)10(12)5-7/h2,4-5H,1,3H2. The second-order valence-electron chi connectivity index (χ2n) is 2.54. The van der Waals surface area contributed by atoms with E-state index in [0.717, 1.165) is 12.1 Å². The van der Waals surface area contributed by atoms with Gasteiger partial charge in [-0.1, -0.05) is 6.08 Å². The summed E-state index contributed by atoms with van der Waals surface area (Å²) in [6.07, 6.45) is 1.93. The third-order valence-electron chi connectivity index (χ3n) is 1.59. The highest BCUT2D eigenvalue weighted by Gasteiger charge is 2.09. The summed E-state index contributed by atoms with van der Waals surface area (Å²) >= 11 is 0. The van der Waals surface area contributed by atoms with Crippen molar-refractivity contribution in [3.05, 3.63) is 47.5 Å². The number of nitriles is 1. The van der Waals surface area contributed by atoms with Gasteiger partial charge in [-0.2, -0.15) is 5.26 Å². The van der Waals surface area contributed by atoms with Crippen molar-refractivity contribution in [2.24, 2.45) is 0 Å². The fourth-order valence-electron chi connectivity index (χ4n) is 1.02. The number of allylic oxidation sites excluding steroid dienone is 1. The Hall–Kier alpha value is -1.69. The lowest BCUT2D eigenvalue weighted by atomic mass is 10.1. The maximum absolute atomic E-state index is 12.9. The average molecular weight is 179 g/mol. The van der Waals surface area contributed by atoms with Crippen LogP contribution in [0.15, 0.2) is 24.8 Å². The summed E-state index contributed by atoms with van der Waals surface area (Å²) < 4.78 is 25.9. The predicted molar refractivity (Wildman–Crippen MR) is 45.0 cm³/mol. The molecule has 0 aromatic heterocycles. The summed E-state index contributed by atoms with van der Waals surface area (Å²) in [6, 6.07) is 3.74. The molecular formula is C10H7F2N. The van der Waals surface area contributed by atoms with Crippen LogP contribution >= 0.6 is 0 Å². The van der Waals surface area contributed by atoms with Gasteiger partial charge in [-0.25, -0.2) is 8.78 Å². The van der Waals surface area contributed by atoms with Gasteiger partial charge in [0.2, 0.25) is 0 Å². The number of nitrogens with zero attached hydrogens (tertiary/aromatic N) is 1. The van der Waals surface area contributed by atoms with Gasteiger partial charge >= 0.3 is 0 Å². The Balaban J connectivity index is 3.21. The first kappa shape index (κ1) is 9.40. The molecular weight excluding hydrogens is 172 g/mol. The monoisotopic (exact) mass is 179 g/mol. The molecule has 0 radical (unpaired) electrons. The van der Waals surface area contributed by atoms with Crippen LogP contribution in [-0.4, -0.2) is 0 Å². The van der Waals surface area contributed by atoms with Crippen LogP contribution in [0.2, 0.25) is 0 Å². The normalized spacial score (nSPS) is 9.31. The van der Waals surface area contributed by atoms with Crippen molar-refractivity contribution in [2.75, 3.05) is 0 Å². The van der Waals surface area contributed by atoms with Crippen molar-refractivity contribution in [1.29, 1.82) is 5.26 Å². The first-order valence-electron chi connectivity index (χ1n) is 3.68. The highest BCUT2D eigenvalue weighted by Crippen LogP contribution is 2.14. The maximum Gasteiger partial charge on any atom is 0.144 e. The highest BCUT2D eigenvalue weighted by atomic mass is 19.1. The summed E-state index contributed by atoms with van der Waals surface area (Å²) in [5, 5.41) is 8.37. The van der Waals surface area contributed by atoms with Gasteiger partial charge < -0.3 is 0 Å². The fraction of sp³-hybridized carbons (Fsp3) is 0.100. The topological polar surface area (TPSA) is 23.8 Å². The van der Waals surface area contributed by atoms with Crippen LogP contribution in [0.25, 0.3) is 0 Å². The molecule has 1 aromatic rings. The molecule has 66 valence electrons. The van der Waals surface area contributed by atoms with Gasteiger partial charge in [-0.15, -0.1) is 6.58 Å². The van der Waals surface area contributed by atoms with Crippen molar-refractivity contribution in [1.82, 2.24) is 0 Å². The minimum atomic E-state index is -0.820. The number of rotatable bonds is 2. The van der Waals surface area contributed by atoms with Gasteiger partial charge in [0.1, 0.15) is 23.3 Å². The zero-order valence-electron chi connectivity index (χ0n) is 6.85. The number of benzene rings is 1. The van der Waals surface area contributed by atoms with Gasteiger partial charge in [0.15, 0.2) is 0 Å². The van der Waals surface area contributed by atoms with E-state index in [-0.39, 0.29) is 0 Å². The summed E-state index contributed by atoms with van der Waals surface area (Å²) in [5.74, 6) is -1.64. The molecule has 1 rings (SSSR count). The first-order chi connectivity index (χ1) is 6.19. The zero-order chi connectivity index (χ0) is 9.84. The van der Waals surface area contributed by atoms with Gasteiger partial charge in [-0.05, 0) is 24.1 Å². The van der Waals surface area contributed by atoms with E-state index in [2.05, 4.69) is 6.58 Å². The summed E-state index contributed by atoms with van der Waals surface area (Å²) in [4.78, 5) is 0. The molecule has 0 amide bonds. The Morgan fingerprint density at radius 1 is 1.38 bits per heavy atom. The van der Waals surface area contributed by atoms with E-state index in [1.807, 2.05) is 0 Å². The third-order valence-corrected chi connectivity index (χ3v) is 1.59. The van der Waals surface area contributed by atoms with Crippen LogP contribution < -0.4 is 0 Å². The van der Waals surface area contributed by atoms with Gasteiger partial charge in [0, 0.05) is 0 Å². The first-order valence-corrected chi connectivity index (χ1v) is 3.68. The minimum Gasteiger partial charge on any atom is -0.205 e. The number of hydrogen-bond acceptors (Lipinski definition) is 1. The Labute approximate surface area is 74.9 Å². The molecule has 0 saturated carbocycles. The zero-order valence-corrected chi connectivity index (χ0v) is 6.85. The number of hydrogen-bond donors (Lipinski definition) is 0. The Kier molecular flexibility index (Phi) is 2.76. The SMILES string of the molecule is C=CCc1cc(F)c(C#N)c(F)c1. The molecule has 0 aliphatic rings. The lowest BCUT2D eigenvalue weighted by molar-refractivity contribution is 0.574. The lowest BCUT2D eigenvalue weighted by Gasteiger charge is -1.99. The van der Waals surface area contributed by atoms with Crippen molar-refractivity contribution >= 4 is 0 Å². The molecule has 0 heterocycles. The molecule has 0 fully saturated rings. The molecule has 0 N–H and O–H groups in total. The molecule has 3 heteroatoms. The quantitative estimate of drug-likeness (QED) is 0.640. The minimum absolute atomic E-state index is 0.388. The molecule has 1 aromatic carbocycles. The van der Waals surface area contributed by atoms with Crippen LogP contribution in [0.1, 0.15) is 11.1 Å². The second-order valence-corrected chi connectivity index (χ2v) is 2.54. The summed E-state index contributed by atoms with van der Waals surface area (Å²) in [7, 11) is 0. The van der Waals surface area contributed by atoms with E-state index in [4.69, 9.17) is 5.26 Å².